The monoisotopic (exact) mass is 199 g/mol. The minimum Gasteiger partial charge on any atom is -0.453 e. The number of carbonyl (C=O) groups excluding carboxylic acids is 1. The Bertz CT molecular complexity index is 165. The molecule has 1 aliphatic rings. The first-order chi connectivity index (χ1) is 6.83. The van der Waals surface area contributed by atoms with Crippen molar-refractivity contribution in [3.63, 3.8) is 0 Å². The van der Waals surface area contributed by atoms with Crippen LogP contribution in [0.5, 0.6) is 0 Å². The van der Waals surface area contributed by atoms with Gasteiger partial charge in [0.25, 0.3) is 0 Å². The lowest BCUT2D eigenvalue weighted by Crippen LogP contribution is -2.24. The van der Waals surface area contributed by atoms with Gasteiger partial charge in [0.15, 0.2) is 0 Å². The quantitative estimate of drug-likeness (QED) is 0.707. The van der Waals surface area contributed by atoms with E-state index in [9.17, 15) is 4.79 Å². The Morgan fingerprint density at radius 1 is 1.36 bits per heavy atom. The van der Waals surface area contributed by atoms with E-state index in [1.807, 2.05) is 0 Å². The predicted octanol–water partition coefficient (Wildman–Crippen LogP) is 2.70. The zero-order valence-corrected chi connectivity index (χ0v) is 9.05. The third-order valence-corrected chi connectivity index (χ3v) is 2.97. The zero-order valence-electron chi connectivity index (χ0n) is 9.05. The van der Waals surface area contributed by atoms with Gasteiger partial charge in [0.2, 0.25) is 0 Å². The van der Waals surface area contributed by atoms with E-state index in [0.29, 0.717) is 0 Å². The molecule has 1 fully saturated rings. The first kappa shape index (κ1) is 11.3. The van der Waals surface area contributed by atoms with Gasteiger partial charge in [0.1, 0.15) is 0 Å². The molecule has 0 radical (unpaired) electrons. The Labute approximate surface area is 86.2 Å². The third kappa shape index (κ3) is 4.49. The second-order valence-electron chi connectivity index (χ2n) is 4.06. The van der Waals surface area contributed by atoms with Crippen molar-refractivity contribution in [2.75, 3.05) is 13.7 Å². The smallest absolute Gasteiger partial charge is 0.406 e. The molecular formula is C11H21NO2. The molecule has 1 rings (SSSR count). The molecule has 3 heteroatoms. The Kier molecular flexibility index (Phi) is 5.42. The van der Waals surface area contributed by atoms with Crippen LogP contribution in [0.3, 0.4) is 0 Å². The summed E-state index contributed by atoms with van der Waals surface area (Å²) in [6.07, 6.45) is 9.01. The second kappa shape index (κ2) is 6.68. The molecule has 0 atom stereocenters. The van der Waals surface area contributed by atoms with Crippen molar-refractivity contribution in [2.45, 2.75) is 44.9 Å². The van der Waals surface area contributed by atoms with Crippen molar-refractivity contribution in [1.82, 2.24) is 5.32 Å². The van der Waals surface area contributed by atoms with E-state index in [2.05, 4.69) is 10.1 Å². The van der Waals surface area contributed by atoms with Gasteiger partial charge in [-0.3, -0.25) is 0 Å². The van der Waals surface area contributed by atoms with E-state index in [-0.39, 0.29) is 6.09 Å². The summed E-state index contributed by atoms with van der Waals surface area (Å²) in [4.78, 5) is 10.7. The highest BCUT2D eigenvalue weighted by Gasteiger charge is 2.12. The molecule has 1 amide bonds. The maximum absolute atomic E-state index is 10.7. The van der Waals surface area contributed by atoms with E-state index in [1.165, 1.54) is 45.6 Å². The standard InChI is InChI=1S/C11H21NO2/c1-14-11(13)12-9-5-8-10-6-3-2-4-7-10/h10H,2-9H2,1H3,(H,12,13). The van der Waals surface area contributed by atoms with Crippen LogP contribution in [0.2, 0.25) is 0 Å². The van der Waals surface area contributed by atoms with Gasteiger partial charge >= 0.3 is 6.09 Å². The van der Waals surface area contributed by atoms with Crippen molar-refractivity contribution in [3.8, 4) is 0 Å². The minimum absolute atomic E-state index is 0.311. The van der Waals surface area contributed by atoms with Crippen LogP contribution in [0.15, 0.2) is 0 Å². The van der Waals surface area contributed by atoms with Crippen LogP contribution in [0.4, 0.5) is 4.79 Å². The molecule has 1 saturated carbocycles. The van der Waals surface area contributed by atoms with Crippen LogP contribution in [0.1, 0.15) is 44.9 Å². The average molecular weight is 199 g/mol. The van der Waals surface area contributed by atoms with Crippen LogP contribution in [0, 0.1) is 5.92 Å². The van der Waals surface area contributed by atoms with Gasteiger partial charge in [-0.2, -0.15) is 0 Å². The molecular weight excluding hydrogens is 178 g/mol. The fraction of sp³-hybridized carbons (Fsp3) is 0.909. The lowest BCUT2D eigenvalue weighted by molar-refractivity contribution is 0.170. The van der Waals surface area contributed by atoms with Gasteiger partial charge in [-0.05, 0) is 18.8 Å². The van der Waals surface area contributed by atoms with E-state index in [4.69, 9.17) is 0 Å². The summed E-state index contributed by atoms with van der Waals surface area (Å²) in [7, 11) is 1.40. The SMILES string of the molecule is COC(=O)NCCCC1CCCCC1. The average Bonchev–Trinajstić information content (AvgIpc) is 2.25. The maximum atomic E-state index is 10.7. The molecule has 0 spiro atoms. The molecule has 82 valence electrons. The fourth-order valence-electron chi connectivity index (χ4n) is 2.13. The summed E-state index contributed by atoms with van der Waals surface area (Å²) in [6.45, 7) is 0.753. The van der Waals surface area contributed by atoms with Gasteiger partial charge < -0.3 is 10.1 Å². The third-order valence-electron chi connectivity index (χ3n) is 2.97. The second-order valence-corrected chi connectivity index (χ2v) is 4.06. The van der Waals surface area contributed by atoms with E-state index in [1.54, 1.807) is 0 Å². The van der Waals surface area contributed by atoms with Crippen LogP contribution < -0.4 is 5.32 Å². The van der Waals surface area contributed by atoms with Gasteiger partial charge in [-0.15, -0.1) is 0 Å². The number of nitrogens with one attached hydrogen (secondary N) is 1. The largest absolute Gasteiger partial charge is 0.453 e. The summed E-state index contributed by atoms with van der Waals surface area (Å²) in [5, 5.41) is 2.71. The predicted molar refractivity (Wildman–Crippen MR) is 56.2 cm³/mol. The number of rotatable bonds is 4. The van der Waals surface area contributed by atoms with Gasteiger partial charge in [-0.25, -0.2) is 4.79 Å². The van der Waals surface area contributed by atoms with Crippen LogP contribution in [-0.2, 0) is 4.74 Å². The van der Waals surface area contributed by atoms with Gasteiger partial charge in [-0.1, -0.05) is 32.1 Å². The van der Waals surface area contributed by atoms with Crippen LogP contribution in [-0.4, -0.2) is 19.7 Å². The van der Waals surface area contributed by atoms with E-state index < -0.39 is 0 Å². The van der Waals surface area contributed by atoms with Crippen molar-refractivity contribution in [3.05, 3.63) is 0 Å². The molecule has 0 aromatic rings. The summed E-state index contributed by atoms with van der Waals surface area (Å²) < 4.78 is 4.49. The molecule has 1 N–H and O–H groups in total. The number of hydrogen-bond acceptors (Lipinski definition) is 2. The first-order valence-corrected chi connectivity index (χ1v) is 5.64. The van der Waals surface area contributed by atoms with E-state index in [0.717, 1.165) is 18.9 Å². The molecule has 14 heavy (non-hydrogen) atoms. The summed E-state index contributed by atoms with van der Waals surface area (Å²) in [5.74, 6) is 0.906. The number of alkyl carbamates (subject to hydrolysis) is 1. The molecule has 0 aromatic heterocycles. The molecule has 0 aromatic carbocycles. The normalized spacial score (nSPS) is 17.8. The Morgan fingerprint density at radius 2 is 2.07 bits per heavy atom. The van der Waals surface area contributed by atoms with E-state index >= 15 is 0 Å². The number of ether oxygens (including phenoxy) is 1. The minimum atomic E-state index is -0.311. The topological polar surface area (TPSA) is 38.3 Å². The lowest BCUT2D eigenvalue weighted by Gasteiger charge is -2.21. The number of hydrogen-bond donors (Lipinski definition) is 1. The lowest BCUT2D eigenvalue weighted by atomic mass is 9.86. The van der Waals surface area contributed by atoms with Crippen molar-refractivity contribution >= 4 is 6.09 Å². The highest BCUT2D eigenvalue weighted by molar-refractivity contribution is 5.66. The molecule has 1 aliphatic carbocycles. The molecule has 0 heterocycles. The van der Waals surface area contributed by atoms with Crippen LogP contribution >= 0.6 is 0 Å². The summed E-state index contributed by atoms with van der Waals surface area (Å²) in [6, 6.07) is 0. The molecule has 3 nitrogen and oxygen atoms in total. The van der Waals surface area contributed by atoms with Crippen molar-refractivity contribution < 1.29 is 9.53 Å². The number of carbonyl (C=O) groups is 1. The highest BCUT2D eigenvalue weighted by Crippen LogP contribution is 2.26. The summed E-state index contributed by atoms with van der Waals surface area (Å²) in [5.41, 5.74) is 0. The fourth-order valence-corrected chi connectivity index (χ4v) is 2.13. The Morgan fingerprint density at radius 3 is 2.71 bits per heavy atom. The molecule has 0 saturated heterocycles. The molecule has 0 aliphatic heterocycles. The van der Waals surface area contributed by atoms with Crippen molar-refractivity contribution in [2.24, 2.45) is 5.92 Å². The first-order valence-electron chi connectivity index (χ1n) is 5.64. The van der Waals surface area contributed by atoms with Crippen molar-refractivity contribution in [1.29, 1.82) is 0 Å². The Hall–Kier alpha value is -0.730. The number of methoxy groups -OCH3 is 1. The molecule has 0 unspecified atom stereocenters. The molecule has 0 bridgehead atoms. The van der Waals surface area contributed by atoms with Crippen LogP contribution in [0.25, 0.3) is 0 Å². The zero-order chi connectivity index (χ0) is 10.2. The summed E-state index contributed by atoms with van der Waals surface area (Å²) >= 11 is 0. The maximum Gasteiger partial charge on any atom is 0.406 e. The van der Waals surface area contributed by atoms with Gasteiger partial charge in [0.05, 0.1) is 7.11 Å². The number of amides is 1. The van der Waals surface area contributed by atoms with Gasteiger partial charge in [0, 0.05) is 6.54 Å². The highest BCUT2D eigenvalue weighted by atomic mass is 16.5. The Balaban J connectivity index is 1.94.